The van der Waals surface area contributed by atoms with Crippen LogP contribution < -0.4 is 0 Å². The van der Waals surface area contributed by atoms with Crippen molar-refractivity contribution in [1.29, 1.82) is 0 Å². The molecule has 0 saturated carbocycles. The zero-order valence-electron chi connectivity index (χ0n) is 8.60. The van der Waals surface area contributed by atoms with Gasteiger partial charge >= 0.3 is 5.97 Å². The average Bonchev–Trinajstić information content (AvgIpc) is 2.61. The lowest BCUT2D eigenvalue weighted by Gasteiger charge is -2.02. The second kappa shape index (κ2) is 4.50. The van der Waals surface area contributed by atoms with Crippen molar-refractivity contribution in [3.8, 4) is 0 Å². The Morgan fingerprint density at radius 3 is 2.47 bits per heavy atom. The Morgan fingerprint density at radius 1 is 1.53 bits per heavy atom. The summed E-state index contributed by atoms with van der Waals surface area (Å²) in [5, 5.41) is 9.33. The molecule has 0 radical (unpaired) electrons. The van der Waals surface area contributed by atoms with E-state index in [0.717, 1.165) is 11.3 Å². The minimum absolute atomic E-state index is 0.168. The topological polar surface area (TPSA) is 76.5 Å². The second-order valence-corrected chi connectivity index (χ2v) is 4.00. The van der Waals surface area contributed by atoms with Crippen molar-refractivity contribution in [1.82, 2.24) is 4.98 Å². The summed E-state index contributed by atoms with van der Waals surface area (Å²) in [6.07, 6.45) is -0.304. The average molecular weight is 229 g/mol. The van der Waals surface area contributed by atoms with Crippen molar-refractivity contribution in [2.75, 3.05) is 7.11 Å². The van der Waals surface area contributed by atoms with E-state index in [2.05, 4.69) is 4.98 Å². The van der Waals surface area contributed by atoms with Crippen molar-refractivity contribution < 1.29 is 19.4 Å². The molecule has 1 rings (SSSR count). The quantitative estimate of drug-likeness (QED) is 0.796. The van der Waals surface area contributed by atoms with Crippen LogP contribution in [0.4, 0.5) is 0 Å². The molecule has 0 amide bonds. The lowest BCUT2D eigenvalue weighted by molar-refractivity contribution is 0.0685. The van der Waals surface area contributed by atoms with Gasteiger partial charge in [0.15, 0.2) is 11.5 Å². The number of thiazole rings is 1. The van der Waals surface area contributed by atoms with E-state index in [0.29, 0.717) is 5.01 Å². The van der Waals surface area contributed by atoms with Crippen molar-refractivity contribution in [3.05, 3.63) is 15.6 Å². The van der Waals surface area contributed by atoms with Gasteiger partial charge in [-0.1, -0.05) is 0 Å². The highest BCUT2D eigenvalue weighted by atomic mass is 32.1. The van der Waals surface area contributed by atoms with Gasteiger partial charge in [0.2, 0.25) is 0 Å². The molecule has 5 nitrogen and oxygen atoms in total. The number of rotatable bonds is 4. The number of nitrogens with zero attached hydrogens (tertiary/aromatic N) is 1. The number of aromatic nitrogens is 1. The maximum atomic E-state index is 11.2. The first kappa shape index (κ1) is 11.8. The molecule has 82 valence electrons. The highest BCUT2D eigenvalue weighted by molar-refractivity contribution is 7.14. The van der Waals surface area contributed by atoms with E-state index in [-0.39, 0.29) is 22.5 Å². The maximum absolute atomic E-state index is 11.2. The summed E-state index contributed by atoms with van der Waals surface area (Å²) in [5.41, 5.74) is -0.189. The molecule has 1 N–H and O–H groups in total. The number of aromatic carboxylic acids is 1. The standard InChI is InChI=1S/C9H11NO4S/c1-4(11)7-6(9(12)13)10-8(15-7)5(2)14-3/h5H,1-3H3,(H,12,13). The molecule has 0 spiro atoms. The molecule has 15 heavy (non-hydrogen) atoms. The molecule has 0 bridgehead atoms. The first-order chi connectivity index (χ1) is 6.97. The van der Waals surface area contributed by atoms with Crippen LogP contribution in [0.5, 0.6) is 0 Å². The van der Waals surface area contributed by atoms with Crippen LogP contribution in [0.25, 0.3) is 0 Å². The monoisotopic (exact) mass is 229 g/mol. The fourth-order valence-corrected chi connectivity index (χ4v) is 1.98. The third-order valence-electron chi connectivity index (χ3n) is 1.87. The van der Waals surface area contributed by atoms with E-state index in [9.17, 15) is 9.59 Å². The summed E-state index contributed by atoms with van der Waals surface area (Å²) in [6.45, 7) is 3.07. The predicted octanol–water partition coefficient (Wildman–Crippen LogP) is 1.75. The van der Waals surface area contributed by atoms with Crippen molar-refractivity contribution >= 4 is 23.1 Å². The number of carboxylic acid groups (broad SMARTS) is 1. The number of carboxylic acids is 1. The third kappa shape index (κ3) is 2.40. The van der Waals surface area contributed by atoms with Gasteiger partial charge in [-0.15, -0.1) is 11.3 Å². The van der Waals surface area contributed by atoms with Gasteiger partial charge in [-0.05, 0) is 6.92 Å². The Bertz CT molecular complexity index is 367. The number of hydrogen-bond donors (Lipinski definition) is 1. The zero-order valence-corrected chi connectivity index (χ0v) is 9.42. The maximum Gasteiger partial charge on any atom is 0.356 e. The lowest BCUT2D eigenvalue weighted by atomic mass is 10.3. The number of Topliss-reactive ketones (excluding diaryl/α,β-unsaturated/α-hetero) is 1. The van der Waals surface area contributed by atoms with Crippen LogP contribution in [0.2, 0.25) is 0 Å². The molecule has 0 aromatic carbocycles. The molecule has 0 fully saturated rings. The number of carbonyl (C=O) groups is 2. The van der Waals surface area contributed by atoms with E-state index >= 15 is 0 Å². The number of carbonyl (C=O) groups excluding carboxylic acids is 1. The lowest BCUT2D eigenvalue weighted by Crippen LogP contribution is -2.04. The van der Waals surface area contributed by atoms with Crippen LogP contribution in [0.1, 0.15) is 45.1 Å². The molecule has 0 aliphatic heterocycles. The van der Waals surface area contributed by atoms with Crippen LogP contribution in [-0.2, 0) is 4.74 Å². The molecular formula is C9H11NO4S. The highest BCUT2D eigenvalue weighted by Crippen LogP contribution is 2.25. The summed E-state index contributed by atoms with van der Waals surface area (Å²) < 4.78 is 5.01. The molecule has 1 unspecified atom stereocenters. The second-order valence-electron chi connectivity index (χ2n) is 2.97. The molecule has 1 aromatic heterocycles. The fraction of sp³-hybridized carbons (Fsp3) is 0.444. The third-order valence-corrected chi connectivity index (χ3v) is 3.18. The van der Waals surface area contributed by atoms with Crippen LogP contribution in [0, 0.1) is 0 Å². The van der Waals surface area contributed by atoms with E-state index in [1.54, 1.807) is 6.92 Å². The number of hydrogen-bond acceptors (Lipinski definition) is 5. The normalized spacial score (nSPS) is 12.5. The molecule has 1 atom stereocenters. The van der Waals surface area contributed by atoms with Gasteiger partial charge in [-0.3, -0.25) is 4.79 Å². The largest absolute Gasteiger partial charge is 0.476 e. The zero-order chi connectivity index (χ0) is 11.6. The van der Waals surface area contributed by atoms with Crippen LogP contribution in [0.15, 0.2) is 0 Å². The Labute approximate surface area is 90.7 Å². The van der Waals surface area contributed by atoms with Gasteiger partial charge in [0.1, 0.15) is 16.0 Å². The first-order valence-electron chi connectivity index (χ1n) is 4.25. The summed E-state index contributed by atoms with van der Waals surface area (Å²) in [4.78, 5) is 26.0. The molecule has 0 aliphatic carbocycles. The van der Waals surface area contributed by atoms with Crippen molar-refractivity contribution in [2.24, 2.45) is 0 Å². The van der Waals surface area contributed by atoms with Crippen LogP contribution in [0.3, 0.4) is 0 Å². The highest BCUT2D eigenvalue weighted by Gasteiger charge is 2.22. The smallest absolute Gasteiger partial charge is 0.356 e. The number of ketones is 1. The summed E-state index contributed by atoms with van der Waals surface area (Å²) in [6, 6.07) is 0. The van der Waals surface area contributed by atoms with Gasteiger partial charge in [-0.2, -0.15) is 0 Å². The number of methoxy groups -OCH3 is 1. The molecule has 6 heteroatoms. The van der Waals surface area contributed by atoms with Crippen LogP contribution >= 0.6 is 11.3 Å². The number of ether oxygens (including phenoxy) is 1. The van der Waals surface area contributed by atoms with E-state index in [1.165, 1.54) is 14.0 Å². The first-order valence-corrected chi connectivity index (χ1v) is 5.06. The molecular weight excluding hydrogens is 218 g/mol. The minimum atomic E-state index is -1.19. The van der Waals surface area contributed by atoms with Gasteiger partial charge in [-0.25, -0.2) is 9.78 Å². The molecule has 1 aromatic rings. The van der Waals surface area contributed by atoms with Crippen LogP contribution in [-0.4, -0.2) is 29.0 Å². The molecule has 0 saturated heterocycles. The Balaban J connectivity index is 3.21. The van der Waals surface area contributed by atoms with Gasteiger partial charge in [0, 0.05) is 14.0 Å². The fourth-order valence-electron chi connectivity index (χ4n) is 0.995. The summed E-state index contributed by atoms with van der Waals surface area (Å²) in [7, 11) is 1.50. The van der Waals surface area contributed by atoms with E-state index in [1.807, 2.05) is 0 Å². The van der Waals surface area contributed by atoms with Gasteiger partial charge in [0.05, 0.1) is 0 Å². The minimum Gasteiger partial charge on any atom is -0.476 e. The predicted molar refractivity (Wildman–Crippen MR) is 54.5 cm³/mol. The summed E-state index contributed by atoms with van der Waals surface area (Å²) in [5.74, 6) is -1.48. The molecule has 1 heterocycles. The van der Waals surface area contributed by atoms with Crippen molar-refractivity contribution in [2.45, 2.75) is 20.0 Å². The van der Waals surface area contributed by atoms with Gasteiger partial charge < -0.3 is 9.84 Å². The Kier molecular flexibility index (Phi) is 3.54. The van der Waals surface area contributed by atoms with E-state index < -0.39 is 5.97 Å². The Hall–Kier alpha value is -1.27. The summed E-state index contributed by atoms with van der Waals surface area (Å²) >= 11 is 1.06. The van der Waals surface area contributed by atoms with E-state index in [4.69, 9.17) is 9.84 Å². The van der Waals surface area contributed by atoms with Crippen molar-refractivity contribution in [3.63, 3.8) is 0 Å². The Morgan fingerprint density at radius 2 is 2.13 bits per heavy atom. The van der Waals surface area contributed by atoms with Gasteiger partial charge in [0.25, 0.3) is 0 Å². The SMILES string of the molecule is COC(C)c1nc(C(=O)O)c(C(C)=O)s1. The molecule has 0 aliphatic rings.